The van der Waals surface area contributed by atoms with Crippen LogP contribution in [-0.4, -0.2) is 15.0 Å². The zero-order valence-corrected chi connectivity index (χ0v) is 13.0. The molecule has 0 aliphatic carbocycles. The molecule has 106 valence electrons. The van der Waals surface area contributed by atoms with Crippen molar-refractivity contribution in [2.45, 2.75) is 51.9 Å². The van der Waals surface area contributed by atoms with Crippen molar-refractivity contribution >= 4 is 0 Å². The van der Waals surface area contributed by atoms with Crippen molar-refractivity contribution in [3.63, 3.8) is 0 Å². The number of aromatic nitrogens is 3. The first-order valence-corrected chi connectivity index (χ1v) is 7.02. The minimum Gasteiger partial charge on any atom is -0.261 e. The normalized spacial score (nSPS) is 12.4. The Balaban J connectivity index is 2.18. The Labute approximate surface area is 121 Å². The fraction of sp³-hybridized carbons (Fsp3) is 0.471. The van der Waals surface area contributed by atoms with Crippen LogP contribution in [0.25, 0.3) is 0 Å². The maximum Gasteiger partial charge on any atom is 0.129 e. The van der Waals surface area contributed by atoms with Gasteiger partial charge in [0.05, 0.1) is 0 Å². The summed E-state index contributed by atoms with van der Waals surface area (Å²) in [6, 6.07) is 6.02. The first kappa shape index (κ1) is 14.6. The fourth-order valence-corrected chi connectivity index (χ4v) is 2.08. The molecule has 0 saturated carbocycles. The highest BCUT2D eigenvalue weighted by Gasteiger charge is 2.24. The van der Waals surface area contributed by atoms with Crippen molar-refractivity contribution in [1.29, 1.82) is 0 Å². The molecule has 3 nitrogen and oxygen atoms in total. The van der Waals surface area contributed by atoms with Gasteiger partial charge in [0.1, 0.15) is 5.82 Å². The monoisotopic (exact) mass is 269 g/mol. The molecule has 0 N–H and O–H groups in total. The second-order valence-corrected chi connectivity index (χ2v) is 6.91. The van der Waals surface area contributed by atoms with Crippen molar-refractivity contribution in [3.05, 3.63) is 53.9 Å². The molecule has 0 unspecified atom stereocenters. The molecule has 0 spiro atoms. The SMILES string of the molecule is CC(C)(C)c1cnc(CC(C)(C)c2ccccn2)nc1. The molecule has 2 heterocycles. The number of hydrogen-bond acceptors (Lipinski definition) is 3. The summed E-state index contributed by atoms with van der Waals surface area (Å²) in [4.78, 5) is 13.5. The Morgan fingerprint density at radius 3 is 2.05 bits per heavy atom. The van der Waals surface area contributed by atoms with Crippen LogP contribution in [0.15, 0.2) is 36.8 Å². The van der Waals surface area contributed by atoms with E-state index in [9.17, 15) is 0 Å². The molecule has 2 aromatic rings. The summed E-state index contributed by atoms with van der Waals surface area (Å²) in [6.07, 6.45) is 6.50. The van der Waals surface area contributed by atoms with Gasteiger partial charge in [0, 0.05) is 36.1 Å². The summed E-state index contributed by atoms with van der Waals surface area (Å²) in [7, 11) is 0. The lowest BCUT2D eigenvalue weighted by Gasteiger charge is -2.23. The molecule has 3 heteroatoms. The number of nitrogens with zero attached hydrogens (tertiary/aromatic N) is 3. The van der Waals surface area contributed by atoms with E-state index >= 15 is 0 Å². The molecule has 2 aromatic heterocycles. The minimum atomic E-state index is -0.0650. The van der Waals surface area contributed by atoms with Gasteiger partial charge in [0.25, 0.3) is 0 Å². The van der Waals surface area contributed by atoms with E-state index in [0.717, 1.165) is 23.5 Å². The summed E-state index contributed by atoms with van der Waals surface area (Å²) in [5.74, 6) is 0.869. The molecule has 0 atom stereocenters. The summed E-state index contributed by atoms with van der Waals surface area (Å²) in [6.45, 7) is 10.9. The average Bonchev–Trinajstić information content (AvgIpc) is 2.39. The lowest BCUT2D eigenvalue weighted by atomic mass is 9.84. The van der Waals surface area contributed by atoms with Gasteiger partial charge < -0.3 is 0 Å². The van der Waals surface area contributed by atoms with Crippen molar-refractivity contribution < 1.29 is 0 Å². The van der Waals surface area contributed by atoms with Gasteiger partial charge in [-0.3, -0.25) is 4.98 Å². The van der Waals surface area contributed by atoms with Gasteiger partial charge in [0.2, 0.25) is 0 Å². The lowest BCUT2D eigenvalue weighted by Crippen LogP contribution is -2.23. The highest BCUT2D eigenvalue weighted by atomic mass is 14.9. The third kappa shape index (κ3) is 3.41. The predicted octanol–water partition coefficient (Wildman–Crippen LogP) is 3.69. The van der Waals surface area contributed by atoms with Crippen LogP contribution >= 0.6 is 0 Å². The molecule has 2 rings (SSSR count). The molecule has 0 aliphatic heterocycles. The van der Waals surface area contributed by atoms with Crippen LogP contribution in [0.4, 0.5) is 0 Å². The van der Waals surface area contributed by atoms with Crippen molar-refractivity contribution in [1.82, 2.24) is 15.0 Å². The first-order chi connectivity index (χ1) is 9.29. The van der Waals surface area contributed by atoms with Gasteiger partial charge in [-0.2, -0.15) is 0 Å². The molecule has 20 heavy (non-hydrogen) atoms. The fourth-order valence-electron chi connectivity index (χ4n) is 2.08. The summed E-state index contributed by atoms with van der Waals surface area (Å²) >= 11 is 0. The quantitative estimate of drug-likeness (QED) is 0.853. The molecule has 0 fully saturated rings. The Morgan fingerprint density at radius 2 is 1.55 bits per heavy atom. The van der Waals surface area contributed by atoms with E-state index < -0.39 is 0 Å². The Hall–Kier alpha value is -1.77. The third-order valence-corrected chi connectivity index (χ3v) is 3.53. The molecular weight excluding hydrogens is 246 g/mol. The Bertz CT molecular complexity index is 551. The molecule has 0 aromatic carbocycles. The first-order valence-electron chi connectivity index (χ1n) is 7.02. The second-order valence-electron chi connectivity index (χ2n) is 6.91. The minimum absolute atomic E-state index is 0.0650. The van der Waals surface area contributed by atoms with Gasteiger partial charge in [-0.15, -0.1) is 0 Å². The van der Waals surface area contributed by atoms with Gasteiger partial charge in [0.15, 0.2) is 0 Å². The van der Waals surface area contributed by atoms with E-state index in [-0.39, 0.29) is 10.8 Å². The van der Waals surface area contributed by atoms with E-state index in [1.54, 1.807) is 0 Å². The van der Waals surface area contributed by atoms with Gasteiger partial charge in [-0.25, -0.2) is 9.97 Å². The summed E-state index contributed by atoms with van der Waals surface area (Å²) in [5.41, 5.74) is 2.26. The average molecular weight is 269 g/mol. The van der Waals surface area contributed by atoms with Crippen molar-refractivity contribution in [3.8, 4) is 0 Å². The maximum absolute atomic E-state index is 4.52. The van der Waals surface area contributed by atoms with Crippen LogP contribution < -0.4 is 0 Å². The van der Waals surface area contributed by atoms with Gasteiger partial charge in [-0.05, 0) is 23.1 Å². The zero-order valence-electron chi connectivity index (χ0n) is 13.0. The molecule has 0 radical (unpaired) electrons. The summed E-state index contributed by atoms with van der Waals surface area (Å²) in [5, 5.41) is 0. The third-order valence-electron chi connectivity index (χ3n) is 3.53. The lowest BCUT2D eigenvalue weighted by molar-refractivity contribution is 0.489. The van der Waals surface area contributed by atoms with Crippen LogP contribution in [-0.2, 0) is 17.3 Å². The van der Waals surface area contributed by atoms with E-state index in [1.807, 2.05) is 30.7 Å². The Kier molecular flexibility index (Phi) is 3.89. The zero-order chi connectivity index (χ0) is 14.8. The largest absolute Gasteiger partial charge is 0.261 e. The number of hydrogen-bond donors (Lipinski definition) is 0. The van der Waals surface area contributed by atoms with Crippen molar-refractivity contribution in [2.75, 3.05) is 0 Å². The van der Waals surface area contributed by atoms with E-state index in [4.69, 9.17) is 0 Å². The van der Waals surface area contributed by atoms with Gasteiger partial charge in [-0.1, -0.05) is 40.7 Å². The van der Waals surface area contributed by atoms with E-state index in [1.165, 1.54) is 0 Å². The summed E-state index contributed by atoms with van der Waals surface area (Å²) < 4.78 is 0. The van der Waals surface area contributed by atoms with E-state index in [2.05, 4.69) is 55.6 Å². The second kappa shape index (κ2) is 5.31. The number of rotatable bonds is 3. The number of pyridine rings is 1. The molecule has 0 saturated heterocycles. The van der Waals surface area contributed by atoms with E-state index in [0.29, 0.717) is 0 Å². The predicted molar refractivity (Wildman–Crippen MR) is 81.7 cm³/mol. The van der Waals surface area contributed by atoms with Crippen LogP contribution in [0, 0.1) is 0 Å². The standard InChI is InChI=1S/C17H23N3/c1-16(2,3)13-11-19-15(20-12-13)10-17(4,5)14-8-6-7-9-18-14/h6-9,11-12H,10H2,1-5H3. The van der Waals surface area contributed by atoms with Crippen LogP contribution in [0.5, 0.6) is 0 Å². The highest BCUT2D eigenvalue weighted by molar-refractivity contribution is 5.19. The maximum atomic E-state index is 4.52. The van der Waals surface area contributed by atoms with Crippen LogP contribution in [0.1, 0.15) is 51.7 Å². The van der Waals surface area contributed by atoms with Crippen LogP contribution in [0.3, 0.4) is 0 Å². The smallest absolute Gasteiger partial charge is 0.129 e. The molecular formula is C17H23N3. The van der Waals surface area contributed by atoms with Gasteiger partial charge >= 0.3 is 0 Å². The topological polar surface area (TPSA) is 38.7 Å². The molecule has 0 bridgehead atoms. The highest BCUT2D eigenvalue weighted by Crippen LogP contribution is 2.25. The van der Waals surface area contributed by atoms with Crippen LogP contribution in [0.2, 0.25) is 0 Å². The molecule has 0 amide bonds. The molecule has 0 aliphatic rings. The van der Waals surface area contributed by atoms with Crippen molar-refractivity contribution in [2.24, 2.45) is 0 Å². The Morgan fingerprint density at radius 1 is 0.900 bits per heavy atom.